The molecule has 2 aliphatic rings. The third-order valence-electron chi connectivity index (χ3n) is 3.98. The molecule has 0 amide bonds. The lowest BCUT2D eigenvalue weighted by molar-refractivity contribution is 0.398. The summed E-state index contributed by atoms with van der Waals surface area (Å²) in [5.41, 5.74) is 4.96. The number of aliphatic hydroxyl groups is 1. The average molecular weight is 258 g/mol. The fraction of sp³-hybridized carbons (Fsp3) is 0.0526. The Balaban J connectivity index is 2.12. The van der Waals surface area contributed by atoms with Gasteiger partial charge in [-0.3, -0.25) is 0 Å². The minimum absolute atomic E-state index is 0.432. The zero-order chi connectivity index (χ0) is 13.5. The summed E-state index contributed by atoms with van der Waals surface area (Å²) < 4.78 is 0. The lowest BCUT2D eigenvalue weighted by atomic mass is 9.93. The van der Waals surface area contributed by atoms with E-state index in [4.69, 9.17) is 0 Å². The number of aliphatic hydroxyl groups excluding tert-OH is 1. The van der Waals surface area contributed by atoms with Gasteiger partial charge < -0.3 is 5.11 Å². The van der Waals surface area contributed by atoms with Gasteiger partial charge in [-0.25, -0.2) is 0 Å². The predicted octanol–water partition coefficient (Wildman–Crippen LogP) is 2.94. The Bertz CT molecular complexity index is 882. The Morgan fingerprint density at radius 1 is 0.800 bits per heavy atom. The van der Waals surface area contributed by atoms with Gasteiger partial charge >= 0.3 is 0 Å². The van der Waals surface area contributed by atoms with E-state index in [1.54, 1.807) is 6.08 Å². The van der Waals surface area contributed by atoms with Crippen LogP contribution >= 0.6 is 0 Å². The second kappa shape index (κ2) is 4.24. The Kier molecular flexibility index (Phi) is 2.40. The first-order valence-corrected chi connectivity index (χ1v) is 6.82. The van der Waals surface area contributed by atoms with Gasteiger partial charge in [-0.1, -0.05) is 60.7 Å². The number of benzene rings is 2. The highest BCUT2D eigenvalue weighted by Gasteiger charge is 2.11. The monoisotopic (exact) mass is 258 g/mol. The van der Waals surface area contributed by atoms with E-state index in [0.717, 1.165) is 0 Å². The van der Waals surface area contributed by atoms with Crippen LogP contribution in [0.2, 0.25) is 0 Å². The summed E-state index contributed by atoms with van der Waals surface area (Å²) in [7, 11) is 0. The first-order valence-electron chi connectivity index (χ1n) is 6.82. The van der Waals surface area contributed by atoms with E-state index in [2.05, 4.69) is 54.6 Å². The summed E-state index contributed by atoms with van der Waals surface area (Å²) in [6.45, 7) is 0. The van der Waals surface area contributed by atoms with Crippen LogP contribution in [0.15, 0.2) is 54.3 Å². The molecule has 2 aromatic carbocycles. The lowest BCUT2D eigenvalue weighted by Crippen LogP contribution is -2.31. The maximum absolute atomic E-state index is 9.68. The third-order valence-corrected chi connectivity index (χ3v) is 3.98. The molecule has 0 aliphatic heterocycles. The van der Waals surface area contributed by atoms with Crippen molar-refractivity contribution in [2.45, 2.75) is 6.42 Å². The van der Waals surface area contributed by atoms with Gasteiger partial charge in [0, 0.05) is 6.42 Å². The number of hydrogen-bond donors (Lipinski definition) is 1. The Morgan fingerprint density at radius 2 is 1.70 bits per heavy atom. The first kappa shape index (κ1) is 11.3. The van der Waals surface area contributed by atoms with Gasteiger partial charge in [0.1, 0.15) is 0 Å². The normalized spacial score (nSPS) is 14.9. The second-order valence-corrected chi connectivity index (χ2v) is 5.21. The van der Waals surface area contributed by atoms with Gasteiger partial charge in [-0.2, -0.15) is 0 Å². The summed E-state index contributed by atoms with van der Waals surface area (Å²) in [6.07, 6.45) is 10.9. The van der Waals surface area contributed by atoms with Crippen LogP contribution in [0.5, 0.6) is 0 Å². The first-order chi connectivity index (χ1) is 9.83. The fourth-order valence-electron chi connectivity index (χ4n) is 3.02. The highest BCUT2D eigenvalue weighted by molar-refractivity contribution is 5.81. The molecule has 1 N–H and O–H groups in total. The maximum atomic E-state index is 9.68. The largest absolute Gasteiger partial charge is 0.512 e. The molecule has 0 saturated carbocycles. The number of fused-ring (bicyclic) bond motifs is 5. The van der Waals surface area contributed by atoms with Crippen LogP contribution in [-0.2, 0) is 6.42 Å². The molecular formula is C19H14O. The molecule has 20 heavy (non-hydrogen) atoms. The molecule has 2 aromatic rings. The fourth-order valence-corrected chi connectivity index (χ4v) is 3.02. The lowest BCUT2D eigenvalue weighted by Gasteiger charge is -2.12. The minimum Gasteiger partial charge on any atom is -0.512 e. The van der Waals surface area contributed by atoms with Crippen molar-refractivity contribution in [3.8, 4) is 11.1 Å². The van der Waals surface area contributed by atoms with E-state index in [0.29, 0.717) is 12.2 Å². The van der Waals surface area contributed by atoms with Crippen molar-refractivity contribution in [2.24, 2.45) is 0 Å². The summed E-state index contributed by atoms with van der Waals surface area (Å²) in [4.78, 5) is 0. The quantitative estimate of drug-likeness (QED) is 0.770. The van der Waals surface area contributed by atoms with Crippen LogP contribution in [0.1, 0.15) is 11.1 Å². The molecule has 1 nitrogen and oxygen atoms in total. The number of rotatable bonds is 0. The topological polar surface area (TPSA) is 20.2 Å². The van der Waals surface area contributed by atoms with Crippen molar-refractivity contribution in [3.63, 3.8) is 0 Å². The van der Waals surface area contributed by atoms with Crippen LogP contribution < -0.4 is 10.4 Å². The highest BCUT2D eigenvalue weighted by atomic mass is 16.3. The molecule has 1 heteroatoms. The molecule has 2 aliphatic carbocycles. The molecule has 0 fully saturated rings. The minimum atomic E-state index is 0.432. The van der Waals surface area contributed by atoms with E-state index in [-0.39, 0.29) is 0 Å². The van der Waals surface area contributed by atoms with Crippen molar-refractivity contribution in [1.82, 2.24) is 0 Å². The average Bonchev–Trinajstić information content (AvgIpc) is 2.66. The van der Waals surface area contributed by atoms with Gasteiger partial charge in [-0.05, 0) is 38.8 Å². The molecule has 96 valence electrons. The molecule has 0 saturated heterocycles. The number of allylic oxidation sites excluding steroid dienone is 3. The third kappa shape index (κ3) is 1.64. The van der Waals surface area contributed by atoms with Gasteiger partial charge in [0.05, 0.1) is 5.76 Å². The van der Waals surface area contributed by atoms with E-state index in [9.17, 15) is 5.11 Å². The van der Waals surface area contributed by atoms with Crippen molar-refractivity contribution >= 4 is 18.2 Å². The van der Waals surface area contributed by atoms with Gasteiger partial charge in [0.15, 0.2) is 0 Å². The Labute approximate surface area is 117 Å². The summed E-state index contributed by atoms with van der Waals surface area (Å²) in [6, 6.07) is 12.8. The maximum Gasteiger partial charge on any atom is 0.0966 e. The molecular weight excluding hydrogens is 244 g/mol. The van der Waals surface area contributed by atoms with E-state index < -0.39 is 0 Å². The molecule has 0 bridgehead atoms. The predicted molar refractivity (Wildman–Crippen MR) is 83.5 cm³/mol. The van der Waals surface area contributed by atoms with Crippen LogP contribution in [0.4, 0.5) is 0 Å². The van der Waals surface area contributed by atoms with E-state index >= 15 is 0 Å². The SMILES string of the molecule is OC1=CC=c2c(ccc3c2=CC=Cc2ccccc2-3)C1. The van der Waals surface area contributed by atoms with Crippen LogP contribution in [0.3, 0.4) is 0 Å². The van der Waals surface area contributed by atoms with Crippen molar-refractivity contribution < 1.29 is 5.11 Å². The van der Waals surface area contributed by atoms with Gasteiger partial charge in [-0.15, -0.1) is 0 Å². The smallest absolute Gasteiger partial charge is 0.0966 e. The van der Waals surface area contributed by atoms with Crippen LogP contribution in [0.25, 0.3) is 29.4 Å². The standard InChI is InChI=1S/C19H14O/c20-15-9-11-17-14(12-15)8-10-19-16-6-2-1-4-13(16)5-3-7-18(17)19/h1-11,20H,12H2. The zero-order valence-electron chi connectivity index (χ0n) is 11.0. The van der Waals surface area contributed by atoms with Crippen molar-refractivity contribution in [3.05, 3.63) is 75.9 Å². The zero-order valence-corrected chi connectivity index (χ0v) is 11.0. The van der Waals surface area contributed by atoms with Crippen molar-refractivity contribution in [2.75, 3.05) is 0 Å². The molecule has 0 atom stereocenters. The van der Waals surface area contributed by atoms with Crippen LogP contribution in [0, 0.1) is 0 Å². The van der Waals surface area contributed by atoms with Crippen molar-refractivity contribution in [1.29, 1.82) is 0 Å². The molecule has 0 spiro atoms. The summed E-state index contributed by atoms with van der Waals surface area (Å²) >= 11 is 0. The van der Waals surface area contributed by atoms with E-state index in [1.807, 2.05) is 6.08 Å². The van der Waals surface area contributed by atoms with E-state index in [1.165, 1.54) is 32.7 Å². The summed E-state index contributed by atoms with van der Waals surface area (Å²) in [5.74, 6) is 0.432. The Hall–Kier alpha value is -2.54. The molecule has 0 unspecified atom stereocenters. The molecule has 4 rings (SSSR count). The highest BCUT2D eigenvalue weighted by Crippen LogP contribution is 2.23. The molecule has 0 heterocycles. The Morgan fingerprint density at radius 3 is 2.65 bits per heavy atom. The second-order valence-electron chi connectivity index (χ2n) is 5.21. The molecule has 0 aromatic heterocycles. The van der Waals surface area contributed by atoms with Gasteiger partial charge in [0.25, 0.3) is 0 Å². The number of hydrogen-bond acceptors (Lipinski definition) is 1. The molecule has 0 radical (unpaired) electrons. The van der Waals surface area contributed by atoms with Gasteiger partial charge in [0.2, 0.25) is 0 Å². The summed E-state index contributed by atoms with van der Waals surface area (Å²) in [5, 5.41) is 12.1. The van der Waals surface area contributed by atoms with Crippen LogP contribution in [-0.4, -0.2) is 5.11 Å².